The van der Waals surface area contributed by atoms with E-state index in [0.717, 1.165) is 45.8 Å². The van der Waals surface area contributed by atoms with Gasteiger partial charge in [-0.25, -0.2) is 0 Å². The molecule has 1 heterocycles. The topological polar surface area (TPSA) is 39.3 Å². The molecule has 1 aliphatic heterocycles. The van der Waals surface area contributed by atoms with Crippen LogP contribution in [0.25, 0.3) is 0 Å². The SMILES string of the molecule is CC1CNCCNCCNCC[N]1[Ti]. The first-order valence-electron chi connectivity index (χ1n) is 5.40. The van der Waals surface area contributed by atoms with Crippen molar-refractivity contribution in [2.75, 3.05) is 45.8 Å². The Balaban J connectivity index is 2.23. The third-order valence-corrected chi connectivity index (χ3v) is 3.50. The van der Waals surface area contributed by atoms with Gasteiger partial charge in [-0.05, 0) is 0 Å². The van der Waals surface area contributed by atoms with E-state index in [9.17, 15) is 0 Å². The van der Waals surface area contributed by atoms with Gasteiger partial charge in [-0.1, -0.05) is 0 Å². The molecule has 3 N–H and O–H groups in total. The third kappa shape index (κ3) is 5.44. The fourth-order valence-electron chi connectivity index (χ4n) is 1.44. The van der Waals surface area contributed by atoms with Gasteiger partial charge in [0.05, 0.1) is 0 Å². The first-order chi connectivity index (χ1) is 6.80. The van der Waals surface area contributed by atoms with Crippen molar-refractivity contribution in [3.05, 3.63) is 0 Å². The standard InChI is InChI=1S/C9H21N4.Ti/c1-9-8-12-5-4-10-2-3-11-6-7-13-9;/h9-12H,2-8H2,1H3;/q-1;+1. The molecular weight excluding hydrogens is 212 g/mol. The first kappa shape index (κ1) is 12.6. The van der Waals surface area contributed by atoms with Crippen molar-refractivity contribution in [2.24, 2.45) is 0 Å². The van der Waals surface area contributed by atoms with Gasteiger partial charge in [0, 0.05) is 0 Å². The summed E-state index contributed by atoms with van der Waals surface area (Å²) >= 11 is 2.19. The van der Waals surface area contributed by atoms with E-state index in [-0.39, 0.29) is 0 Å². The molecule has 0 aromatic carbocycles. The molecule has 0 saturated carbocycles. The van der Waals surface area contributed by atoms with Gasteiger partial charge in [0.25, 0.3) is 0 Å². The molecule has 81 valence electrons. The molecule has 1 fully saturated rings. The zero-order valence-electron chi connectivity index (χ0n) is 8.97. The molecular formula is C9H21N4Ti. The molecule has 0 amide bonds. The van der Waals surface area contributed by atoms with Crippen LogP contribution in [0.2, 0.25) is 0 Å². The molecule has 0 aromatic rings. The summed E-state index contributed by atoms with van der Waals surface area (Å²) in [5.41, 5.74) is 0. The monoisotopic (exact) mass is 233 g/mol. The van der Waals surface area contributed by atoms with E-state index >= 15 is 0 Å². The van der Waals surface area contributed by atoms with Gasteiger partial charge in [-0.2, -0.15) is 0 Å². The molecule has 1 aliphatic rings. The number of nitrogens with one attached hydrogen (secondary N) is 3. The molecule has 0 spiro atoms. The summed E-state index contributed by atoms with van der Waals surface area (Å²) in [5.74, 6) is 0. The van der Waals surface area contributed by atoms with Gasteiger partial charge in [0.1, 0.15) is 0 Å². The Kier molecular flexibility index (Phi) is 7.03. The number of hydrogen-bond donors (Lipinski definition) is 3. The maximum atomic E-state index is 3.46. The Morgan fingerprint density at radius 2 is 1.57 bits per heavy atom. The van der Waals surface area contributed by atoms with E-state index in [4.69, 9.17) is 0 Å². The van der Waals surface area contributed by atoms with Gasteiger partial charge >= 0.3 is 98.8 Å². The van der Waals surface area contributed by atoms with Crippen molar-refractivity contribution in [3.8, 4) is 0 Å². The van der Waals surface area contributed by atoms with Gasteiger partial charge in [-0.3, -0.25) is 0 Å². The van der Waals surface area contributed by atoms with Crippen molar-refractivity contribution in [1.82, 2.24) is 19.3 Å². The van der Waals surface area contributed by atoms with E-state index in [0.29, 0.717) is 6.04 Å². The Morgan fingerprint density at radius 1 is 1.00 bits per heavy atom. The second-order valence-electron chi connectivity index (χ2n) is 3.75. The first-order valence-corrected chi connectivity index (χ1v) is 6.10. The normalized spacial score (nSPS) is 29.0. The summed E-state index contributed by atoms with van der Waals surface area (Å²) in [5, 5.41) is 10.3. The van der Waals surface area contributed by atoms with Gasteiger partial charge in [0.15, 0.2) is 0 Å². The Hall–Kier alpha value is 0.554. The number of rotatable bonds is 0. The van der Waals surface area contributed by atoms with Crippen molar-refractivity contribution in [2.45, 2.75) is 13.0 Å². The number of hydrogen-bond acceptors (Lipinski definition) is 4. The summed E-state index contributed by atoms with van der Waals surface area (Å²) in [6, 6.07) is 0.622. The summed E-state index contributed by atoms with van der Waals surface area (Å²) in [6.45, 7) is 9.84. The molecule has 1 atom stereocenters. The van der Waals surface area contributed by atoms with E-state index < -0.39 is 0 Å². The van der Waals surface area contributed by atoms with Gasteiger partial charge < -0.3 is 0 Å². The van der Waals surface area contributed by atoms with Crippen LogP contribution in [-0.4, -0.2) is 55.2 Å². The third-order valence-electron chi connectivity index (χ3n) is 2.46. The van der Waals surface area contributed by atoms with Crippen LogP contribution in [0.4, 0.5) is 0 Å². The molecule has 14 heavy (non-hydrogen) atoms. The zero-order valence-corrected chi connectivity index (χ0v) is 10.5. The Labute approximate surface area is 98.9 Å². The van der Waals surface area contributed by atoms with Crippen LogP contribution in [-0.2, 0) is 20.7 Å². The van der Waals surface area contributed by atoms with Crippen molar-refractivity contribution in [1.29, 1.82) is 0 Å². The van der Waals surface area contributed by atoms with Crippen LogP contribution in [0.1, 0.15) is 6.92 Å². The molecule has 4 nitrogen and oxygen atoms in total. The van der Waals surface area contributed by atoms with Crippen molar-refractivity contribution >= 4 is 0 Å². The van der Waals surface area contributed by atoms with Crippen LogP contribution in [0.15, 0.2) is 0 Å². The molecule has 0 radical (unpaired) electrons. The van der Waals surface area contributed by atoms with Crippen LogP contribution < -0.4 is 16.0 Å². The van der Waals surface area contributed by atoms with Crippen molar-refractivity contribution < 1.29 is 20.7 Å². The van der Waals surface area contributed by atoms with E-state index in [1.54, 1.807) is 0 Å². The van der Waals surface area contributed by atoms with Crippen LogP contribution in [0.5, 0.6) is 0 Å². The van der Waals surface area contributed by atoms with Crippen LogP contribution in [0, 0.1) is 0 Å². The average molecular weight is 233 g/mol. The number of nitrogens with zero attached hydrogens (tertiary/aromatic N) is 1. The maximum absolute atomic E-state index is 3.46. The molecule has 1 rings (SSSR count). The summed E-state index contributed by atoms with van der Waals surface area (Å²) < 4.78 is 2.40. The second kappa shape index (κ2) is 7.80. The molecule has 0 aromatic heterocycles. The average Bonchev–Trinajstić information content (AvgIpc) is 2.18. The Morgan fingerprint density at radius 3 is 2.29 bits per heavy atom. The zero-order chi connectivity index (χ0) is 10.2. The summed E-state index contributed by atoms with van der Waals surface area (Å²) in [6.07, 6.45) is 0. The molecule has 1 saturated heterocycles. The fourth-order valence-corrected chi connectivity index (χ4v) is 1.76. The van der Waals surface area contributed by atoms with E-state index in [2.05, 4.69) is 46.9 Å². The second-order valence-corrected chi connectivity index (χ2v) is 4.64. The molecule has 0 bridgehead atoms. The summed E-state index contributed by atoms with van der Waals surface area (Å²) in [4.78, 5) is 0. The molecule has 1 unspecified atom stereocenters. The van der Waals surface area contributed by atoms with Gasteiger partial charge in [-0.15, -0.1) is 0 Å². The summed E-state index contributed by atoms with van der Waals surface area (Å²) in [7, 11) is 0. The Bertz CT molecular complexity index is 129. The van der Waals surface area contributed by atoms with E-state index in [1.807, 2.05) is 0 Å². The van der Waals surface area contributed by atoms with Gasteiger partial charge in [0.2, 0.25) is 0 Å². The fraction of sp³-hybridized carbons (Fsp3) is 1.00. The quantitative estimate of drug-likeness (QED) is 0.465. The predicted molar refractivity (Wildman–Crippen MR) is 54.8 cm³/mol. The van der Waals surface area contributed by atoms with E-state index in [1.165, 1.54) is 0 Å². The predicted octanol–water partition coefficient (Wildman–Crippen LogP) is -1.08. The molecule has 0 aliphatic carbocycles. The molecule has 5 heteroatoms. The van der Waals surface area contributed by atoms with Crippen LogP contribution >= 0.6 is 0 Å². The van der Waals surface area contributed by atoms with Crippen LogP contribution in [0.3, 0.4) is 0 Å². The van der Waals surface area contributed by atoms with Crippen molar-refractivity contribution in [3.63, 3.8) is 0 Å². The minimum absolute atomic E-state index is 0.622. The minimum atomic E-state index is 0.622.